The zero-order chi connectivity index (χ0) is 13.2. The number of hydrogen-bond acceptors (Lipinski definition) is 4. The fourth-order valence-electron chi connectivity index (χ4n) is 2.46. The lowest BCUT2D eigenvalue weighted by molar-refractivity contribution is 0.369. The summed E-state index contributed by atoms with van der Waals surface area (Å²) in [6, 6.07) is 7.84. The number of ether oxygens (including phenoxy) is 1. The number of fused-ring (bicyclic) bond motifs is 1. The molecule has 1 aliphatic rings. The Hall–Kier alpha value is -1.88. The summed E-state index contributed by atoms with van der Waals surface area (Å²) in [5, 5.41) is 4.57. The Balaban J connectivity index is 1.92. The minimum absolute atomic E-state index is 0.537. The summed E-state index contributed by atoms with van der Waals surface area (Å²) in [5.41, 5.74) is 6.73. The molecule has 3 rings (SSSR count). The van der Waals surface area contributed by atoms with E-state index < -0.39 is 0 Å². The van der Waals surface area contributed by atoms with Crippen LogP contribution in [0, 0.1) is 5.92 Å². The van der Waals surface area contributed by atoms with Gasteiger partial charge < -0.3 is 10.5 Å². The third-order valence-corrected chi connectivity index (χ3v) is 3.63. The summed E-state index contributed by atoms with van der Waals surface area (Å²) in [6.07, 6.45) is 2.01. The molecule has 0 saturated heterocycles. The van der Waals surface area contributed by atoms with Gasteiger partial charge in [-0.15, -0.1) is 0 Å². The van der Waals surface area contributed by atoms with E-state index >= 15 is 0 Å². The highest BCUT2D eigenvalue weighted by Crippen LogP contribution is 2.24. The van der Waals surface area contributed by atoms with Crippen molar-refractivity contribution < 1.29 is 4.74 Å². The highest BCUT2D eigenvalue weighted by atomic mass is 16.5. The van der Waals surface area contributed by atoms with Gasteiger partial charge in [-0.2, -0.15) is 5.10 Å². The van der Waals surface area contributed by atoms with Crippen molar-refractivity contribution in [2.45, 2.75) is 19.4 Å². The van der Waals surface area contributed by atoms with Crippen LogP contribution in [0.15, 0.2) is 24.3 Å². The fraction of sp³-hybridized carbons (Fsp3) is 0.429. The summed E-state index contributed by atoms with van der Waals surface area (Å²) < 4.78 is 7.23. The van der Waals surface area contributed by atoms with Gasteiger partial charge in [0.2, 0.25) is 0 Å². The van der Waals surface area contributed by atoms with Gasteiger partial charge in [0.25, 0.3) is 0 Å². The molecule has 0 saturated carbocycles. The molecule has 1 aromatic heterocycles. The predicted molar refractivity (Wildman–Crippen MR) is 72.9 cm³/mol. The lowest BCUT2D eigenvalue weighted by atomic mass is 9.98. The topological polar surface area (TPSA) is 66.0 Å². The van der Waals surface area contributed by atoms with E-state index in [2.05, 4.69) is 10.1 Å². The third kappa shape index (κ3) is 2.33. The Bertz CT molecular complexity index is 579. The highest BCUT2D eigenvalue weighted by molar-refractivity contribution is 5.57. The smallest absolute Gasteiger partial charge is 0.181 e. The van der Waals surface area contributed by atoms with Crippen LogP contribution in [0.25, 0.3) is 11.4 Å². The number of nitrogens with two attached hydrogens (primary N) is 1. The van der Waals surface area contributed by atoms with E-state index in [-0.39, 0.29) is 0 Å². The van der Waals surface area contributed by atoms with E-state index in [4.69, 9.17) is 10.5 Å². The number of aromatic nitrogens is 3. The maximum atomic E-state index is 5.74. The molecule has 5 heteroatoms. The second-order valence-corrected chi connectivity index (χ2v) is 4.90. The minimum Gasteiger partial charge on any atom is -0.497 e. The predicted octanol–water partition coefficient (Wildman–Crippen LogP) is 1.47. The molecule has 0 spiro atoms. The van der Waals surface area contributed by atoms with Crippen molar-refractivity contribution in [2.24, 2.45) is 11.7 Å². The van der Waals surface area contributed by atoms with Crippen LogP contribution in [0.1, 0.15) is 12.2 Å². The molecule has 1 aromatic carbocycles. The summed E-state index contributed by atoms with van der Waals surface area (Å²) in [5.74, 6) is 3.17. The number of aryl methyl sites for hydroxylation is 1. The van der Waals surface area contributed by atoms with E-state index in [1.807, 2.05) is 28.9 Å². The van der Waals surface area contributed by atoms with Crippen LogP contribution < -0.4 is 10.5 Å². The molecule has 0 fully saturated rings. The second kappa shape index (κ2) is 5.01. The maximum absolute atomic E-state index is 5.74. The molecule has 1 atom stereocenters. The first-order valence-electron chi connectivity index (χ1n) is 6.58. The van der Waals surface area contributed by atoms with Crippen molar-refractivity contribution in [1.29, 1.82) is 0 Å². The molecular formula is C14H18N4O. The van der Waals surface area contributed by atoms with Gasteiger partial charge in [0, 0.05) is 18.5 Å². The van der Waals surface area contributed by atoms with Crippen LogP contribution >= 0.6 is 0 Å². The van der Waals surface area contributed by atoms with Crippen LogP contribution in [0.2, 0.25) is 0 Å². The van der Waals surface area contributed by atoms with E-state index in [1.165, 1.54) is 0 Å². The molecule has 100 valence electrons. The molecule has 2 N–H and O–H groups in total. The van der Waals surface area contributed by atoms with Crippen molar-refractivity contribution in [3.05, 3.63) is 30.1 Å². The summed E-state index contributed by atoms with van der Waals surface area (Å²) >= 11 is 0. The van der Waals surface area contributed by atoms with E-state index in [9.17, 15) is 0 Å². The molecule has 0 aliphatic carbocycles. The normalized spacial score (nSPS) is 18.1. The van der Waals surface area contributed by atoms with Crippen LogP contribution in [0.4, 0.5) is 0 Å². The molecule has 1 aliphatic heterocycles. The van der Waals surface area contributed by atoms with Gasteiger partial charge in [-0.1, -0.05) is 12.1 Å². The molecule has 0 amide bonds. The summed E-state index contributed by atoms with van der Waals surface area (Å²) in [4.78, 5) is 4.64. The van der Waals surface area contributed by atoms with E-state index in [1.54, 1.807) is 7.11 Å². The monoisotopic (exact) mass is 258 g/mol. The minimum atomic E-state index is 0.537. The third-order valence-electron chi connectivity index (χ3n) is 3.63. The molecule has 19 heavy (non-hydrogen) atoms. The zero-order valence-corrected chi connectivity index (χ0v) is 11.0. The standard InChI is InChI=1S/C14H18N4O/c1-19-12-4-2-3-11(8-12)14-16-13-7-10(9-15)5-6-18(13)17-14/h2-4,8,10H,5-7,9,15H2,1H3. The Morgan fingerprint density at radius 2 is 2.37 bits per heavy atom. The Kier molecular flexibility index (Phi) is 3.21. The van der Waals surface area contributed by atoms with Gasteiger partial charge in [0.1, 0.15) is 11.6 Å². The number of benzene rings is 1. The highest BCUT2D eigenvalue weighted by Gasteiger charge is 2.21. The van der Waals surface area contributed by atoms with E-state index in [0.717, 1.165) is 48.9 Å². The Morgan fingerprint density at radius 3 is 3.16 bits per heavy atom. The maximum Gasteiger partial charge on any atom is 0.181 e. The molecule has 5 nitrogen and oxygen atoms in total. The summed E-state index contributed by atoms with van der Waals surface area (Å²) in [6.45, 7) is 1.63. The van der Waals surface area contributed by atoms with Gasteiger partial charge in [-0.25, -0.2) is 9.67 Å². The Labute approximate surface area is 112 Å². The van der Waals surface area contributed by atoms with Gasteiger partial charge in [0.15, 0.2) is 5.82 Å². The SMILES string of the molecule is COc1cccc(-c2nc3n(n2)CCC(CN)C3)c1. The first-order valence-corrected chi connectivity index (χ1v) is 6.58. The van der Waals surface area contributed by atoms with Gasteiger partial charge >= 0.3 is 0 Å². The first-order chi connectivity index (χ1) is 9.30. The quantitative estimate of drug-likeness (QED) is 0.905. The average molecular weight is 258 g/mol. The number of rotatable bonds is 3. The number of nitrogens with zero attached hydrogens (tertiary/aromatic N) is 3. The molecule has 2 heterocycles. The first kappa shape index (κ1) is 12.2. The van der Waals surface area contributed by atoms with Crippen molar-refractivity contribution in [2.75, 3.05) is 13.7 Å². The molecule has 0 bridgehead atoms. The van der Waals surface area contributed by atoms with Crippen molar-refractivity contribution in [3.63, 3.8) is 0 Å². The van der Waals surface area contributed by atoms with Crippen LogP contribution in [0.3, 0.4) is 0 Å². The lowest BCUT2D eigenvalue weighted by Crippen LogP contribution is -2.25. The Morgan fingerprint density at radius 1 is 1.47 bits per heavy atom. The zero-order valence-electron chi connectivity index (χ0n) is 11.0. The van der Waals surface area contributed by atoms with Crippen molar-refractivity contribution >= 4 is 0 Å². The lowest BCUT2D eigenvalue weighted by Gasteiger charge is -2.19. The number of hydrogen-bond donors (Lipinski definition) is 1. The van der Waals surface area contributed by atoms with Gasteiger partial charge in [-0.05, 0) is 31.0 Å². The molecule has 2 aromatic rings. The van der Waals surface area contributed by atoms with Crippen molar-refractivity contribution in [3.8, 4) is 17.1 Å². The van der Waals surface area contributed by atoms with Crippen LogP contribution in [0.5, 0.6) is 5.75 Å². The number of methoxy groups -OCH3 is 1. The molecular weight excluding hydrogens is 240 g/mol. The molecule has 1 unspecified atom stereocenters. The largest absolute Gasteiger partial charge is 0.497 e. The van der Waals surface area contributed by atoms with Gasteiger partial charge in [-0.3, -0.25) is 0 Å². The van der Waals surface area contributed by atoms with Crippen LogP contribution in [-0.4, -0.2) is 28.4 Å². The van der Waals surface area contributed by atoms with Gasteiger partial charge in [0.05, 0.1) is 7.11 Å². The van der Waals surface area contributed by atoms with Crippen molar-refractivity contribution in [1.82, 2.24) is 14.8 Å². The molecule has 0 radical (unpaired) electrons. The average Bonchev–Trinajstić information content (AvgIpc) is 2.90. The summed E-state index contributed by atoms with van der Waals surface area (Å²) in [7, 11) is 1.66. The van der Waals surface area contributed by atoms with Crippen LogP contribution in [-0.2, 0) is 13.0 Å². The fourth-order valence-corrected chi connectivity index (χ4v) is 2.46. The second-order valence-electron chi connectivity index (χ2n) is 4.90. The van der Waals surface area contributed by atoms with E-state index in [0.29, 0.717) is 5.92 Å².